The van der Waals surface area contributed by atoms with E-state index in [1.807, 2.05) is 54.6 Å². The van der Waals surface area contributed by atoms with E-state index in [-0.39, 0.29) is 16.7 Å². The van der Waals surface area contributed by atoms with E-state index in [9.17, 15) is 10.1 Å². The Labute approximate surface area is 154 Å². The fraction of sp³-hybridized carbons (Fsp3) is 0.167. The fourth-order valence-electron chi connectivity index (χ4n) is 2.52. The van der Waals surface area contributed by atoms with E-state index in [0.717, 1.165) is 10.5 Å². The number of hydrogen-bond acceptors (Lipinski definition) is 5. The quantitative estimate of drug-likeness (QED) is 0.318. The minimum absolute atomic E-state index is 0.0485. The number of nitro groups is 1. The van der Waals surface area contributed by atoms with Gasteiger partial charge in [0.25, 0.3) is 0 Å². The average Bonchev–Trinajstić information content (AvgIpc) is 2.96. The van der Waals surface area contributed by atoms with Gasteiger partial charge < -0.3 is 4.52 Å². The number of aromatic nitrogens is 1. The Bertz CT molecular complexity index is 866. The molecule has 0 bridgehead atoms. The Balaban J connectivity index is 1.94. The first-order chi connectivity index (χ1) is 12.0. The number of benzene rings is 2. The summed E-state index contributed by atoms with van der Waals surface area (Å²) < 4.78 is 5.24. The van der Waals surface area contributed by atoms with Gasteiger partial charge in [-0.05, 0) is 36.8 Å². The van der Waals surface area contributed by atoms with Crippen LogP contribution in [0.25, 0.3) is 0 Å². The van der Waals surface area contributed by atoms with Crippen LogP contribution in [0.4, 0.5) is 5.69 Å². The summed E-state index contributed by atoms with van der Waals surface area (Å²) >= 11 is 7.60. The van der Waals surface area contributed by atoms with Gasteiger partial charge in [-0.15, -0.1) is 11.8 Å². The Hall–Kier alpha value is -2.31. The molecule has 0 aliphatic carbocycles. The molecule has 0 aliphatic rings. The third-order valence-corrected chi connectivity index (χ3v) is 5.24. The lowest BCUT2D eigenvalue weighted by Crippen LogP contribution is -2.01. The number of nitrogens with zero attached hydrogens (tertiary/aromatic N) is 2. The van der Waals surface area contributed by atoms with Crippen LogP contribution >= 0.6 is 23.4 Å². The molecule has 0 aliphatic heterocycles. The van der Waals surface area contributed by atoms with E-state index >= 15 is 0 Å². The van der Waals surface area contributed by atoms with Gasteiger partial charge in [-0.2, -0.15) is 0 Å². The van der Waals surface area contributed by atoms with Crippen molar-refractivity contribution in [1.29, 1.82) is 0 Å². The second-order valence-corrected chi connectivity index (χ2v) is 7.18. The molecule has 1 aromatic heterocycles. The molecule has 1 heterocycles. The van der Waals surface area contributed by atoms with Gasteiger partial charge in [0.1, 0.15) is 0 Å². The molecule has 1 atom stereocenters. The van der Waals surface area contributed by atoms with E-state index in [4.69, 9.17) is 16.1 Å². The Morgan fingerprint density at radius 2 is 1.88 bits per heavy atom. The Morgan fingerprint density at radius 3 is 2.52 bits per heavy atom. The minimum atomic E-state index is -0.437. The maximum atomic E-state index is 11.3. The molecular weight excluding hydrogens is 360 g/mol. The lowest BCUT2D eigenvalue weighted by atomic mass is 10.1. The van der Waals surface area contributed by atoms with Crippen LogP contribution in [0.15, 0.2) is 64.0 Å². The van der Waals surface area contributed by atoms with Crippen LogP contribution in [0.3, 0.4) is 0 Å². The molecule has 3 aromatic rings. The maximum absolute atomic E-state index is 11.3. The summed E-state index contributed by atoms with van der Waals surface area (Å²) in [4.78, 5) is 11.9. The number of thioether (sulfide) groups is 1. The van der Waals surface area contributed by atoms with Crippen LogP contribution in [-0.4, -0.2) is 10.1 Å². The largest absolute Gasteiger partial charge is 0.354 e. The highest BCUT2D eigenvalue weighted by molar-refractivity contribution is 7.99. The molecule has 0 fully saturated rings. The number of rotatable bonds is 6. The van der Waals surface area contributed by atoms with Gasteiger partial charge >= 0.3 is 5.69 Å². The van der Waals surface area contributed by atoms with Gasteiger partial charge in [0.15, 0.2) is 5.69 Å². The second kappa shape index (κ2) is 7.72. The van der Waals surface area contributed by atoms with Crippen LogP contribution in [0, 0.1) is 17.0 Å². The fourth-order valence-corrected chi connectivity index (χ4v) is 3.81. The summed E-state index contributed by atoms with van der Waals surface area (Å²) in [6.07, 6.45) is 0.359. The van der Waals surface area contributed by atoms with Crippen molar-refractivity contribution in [3.05, 3.63) is 86.8 Å². The Kier molecular flexibility index (Phi) is 5.40. The molecule has 0 saturated carbocycles. The van der Waals surface area contributed by atoms with Crippen LogP contribution in [-0.2, 0) is 6.42 Å². The summed E-state index contributed by atoms with van der Waals surface area (Å²) in [5.41, 5.74) is 1.26. The zero-order chi connectivity index (χ0) is 17.8. The van der Waals surface area contributed by atoms with E-state index < -0.39 is 4.92 Å². The molecule has 0 spiro atoms. The third-order valence-electron chi connectivity index (χ3n) is 3.72. The Morgan fingerprint density at radius 1 is 1.20 bits per heavy atom. The first-order valence-corrected chi connectivity index (χ1v) is 8.87. The standard InChI is InChI=1S/C18H15ClN2O3S/c1-12-18(21(22)23)16(24-20-12)11-17(13-7-9-14(19)10-8-13)25-15-5-3-2-4-6-15/h2-10,17H,11H2,1H3/t17-/m0/s1. The van der Waals surface area contributed by atoms with Gasteiger partial charge in [-0.1, -0.05) is 47.1 Å². The topological polar surface area (TPSA) is 69.2 Å². The van der Waals surface area contributed by atoms with Crippen molar-refractivity contribution in [2.75, 3.05) is 0 Å². The molecule has 0 radical (unpaired) electrons. The molecule has 0 N–H and O–H groups in total. The zero-order valence-electron chi connectivity index (χ0n) is 13.4. The zero-order valence-corrected chi connectivity index (χ0v) is 15.0. The van der Waals surface area contributed by atoms with Crippen molar-refractivity contribution in [3.8, 4) is 0 Å². The smallest absolute Gasteiger partial charge is 0.334 e. The summed E-state index contributed by atoms with van der Waals surface area (Å²) in [5, 5.41) is 15.6. The summed E-state index contributed by atoms with van der Waals surface area (Å²) in [7, 11) is 0. The first kappa shape index (κ1) is 17.5. The van der Waals surface area contributed by atoms with E-state index in [0.29, 0.717) is 17.1 Å². The first-order valence-electron chi connectivity index (χ1n) is 7.61. The normalized spacial score (nSPS) is 12.1. The van der Waals surface area contributed by atoms with Crippen LogP contribution < -0.4 is 0 Å². The van der Waals surface area contributed by atoms with Crippen molar-refractivity contribution in [2.24, 2.45) is 0 Å². The molecule has 128 valence electrons. The number of aryl methyl sites for hydroxylation is 1. The summed E-state index contributed by atoms with van der Waals surface area (Å²) in [6.45, 7) is 1.58. The van der Waals surface area contributed by atoms with Crippen molar-refractivity contribution >= 4 is 29.1 Å². The van der Waals surface area contributed by atoms with E-state index in [2.05, 4.69) is 5.16 Å². The average molecular weight is 375 g/mol. The lowest BCUT2D eigenvalue weighted by molar-refractivity contribution is -0.386. The molecule has 0 amide bonds. The molecule has 3 rings (SSSR count). The molecule has 7 heteroatoms. The summed E-state index contributed by atoms with van der Waals surface area (Å²) in [6, 6.07) is 17.4. The monoisotopic (exact) mass is 374 g/mol. The molecule has 0 saturated heterocycles. The van der Waals surface area contributed by atoms with Gasteiger partial charge in [0, 0.05) is 21.6 Å². The van der Waals surface area contributed by atoms with Gasteiger partial charge in [-0.25, -0.2) is 0 Å². The van der Waals surface area contributed by atoms with Crippen LogP contribution in [0.2, 0.25) is 5.02 Å². The second-order valence-electron chi connectivity index (χ2n) is 5.47. The van der Waals surface area contributed by atoms with Crippen molar-refractivity contribution in [3.63, 3.8) is 0 Å². The molecular formula is C18H15ClN2O3S. The van der Waals surface area contributed by atoms with Crippen molar-refractivity contribution in [2.45, 2.75) is 23.5 Å². The summed E-state index contributed by atoms with van der Waals surface area (Å²) in [5.74, 6) is 0.283. The van der Waals surface area contributed by atoms with Crippen molar-refractivity contribution in [1.82, 2.24) is 5.16 Å². The van der Waals surface area contributed by atoms with E-state index in [1.165, 1.54) is 0 Å². The number of hydrogen-bond donors (Lipinski definition) is 0. The molecule has 0 unspecified atom stereocenters. The predicted octanol–water partition coefficient (Wildman–Crippen LogP) is 5.62. The highest BCUT2D eigenvalue weighted by Gasteiger charge is 2.27. The van der Waals surface area contributed by atoms with Crippen LogP contribution in [0.5, 0.6) is 0 Å². The van der Waals surface area contributed by atoms with Crippen molar-refractivity contribution < 1.29 is 9.45 Å². The van der Waals surface area contributed by atoms with Gasteiger partial charge in [-0.3, -0.25) is 10.1 Å². The molecule has 25 heavy (non-hydrogen) atoms. The van der Waals surface area contributed by atoms with Gasteiger partial charge in [0.05, 0.1) is 4.92 Å². The van der Waals surface area contributed by atoms with E-state index in [1.54, 1.807) is 18.7 Å². The van der Waals surface area contributed by atoms with Gasteiger partial charge in [0.2, 0.25) is 5.76 Å². The maximum Gasteiger partial charge on any atom is 0.334 e. The lowest BCUT2D eigenvalue weighted by Gasteiger charge is -2.15. The third kappa shape index (κ3) is 4.21. The predicted molar refractivity (Wildman–Crippen MR) is 98.1 cm³/mol. The minimum Gasteiger partial charge on any atom is -0.354 e. The highest BCUT2D eigenvalue weighted by atomic mass is 35.5. The number of halogens is 1. The molecule has 2 aromatic carbocycles. The highest BCUT2D eigenvalue weighted by Crippen LogP contribution is 2.40. The molecule has 5 nitrogen and oxygen atoms in total. The SMILES string of the molecule is Cc1noc(C[C@H](Sc2ccccc2)c2ccc(Cl)cc2)c1[N+](=O)[O-]. The van der Waals surface area contributed by atoms with Crippen LogP contribution in [0.1, 0.15) is 22.3 Å².